The van der Waals surface area contributed by atoms with Gasteiger partial charge in [0.05, 0.1) is 36.2 Å². The van der Waals surface area contributed by atoms with E-state index in [9.17, 15) is 0 Å². The van der Waals surface area contributed by atoms with Gasteiger partial charge in [-0.25, -0.2) is 4.98 Å². The quantitative estimate of drug-likeness (QED) is 0.112. The van der Waals surface area contributed by atoms with Crippen molar-refractivity contribution in [1.29, 1.82) is 0 Å². The molecule has 329 valence electrons. The topological polar surface area (TPSA) is 56.7 Å². The number of pyridine rings is 2. The van der Waals surface area contributed by atoms with Crippen LogP contribution in [0.2, 0.25) is 19.6 Å². The number of imidazole rings is 1. The van der Waals surface area contributed by atoms with Crippen molar-refractivity contribution in [2.45, 2.75) is 60.3 Å². The minimum atomic E-state index is -1.38. The molecule has 5 nitrogen and oxygen atoms in total. The Morgan fingerprint density at radius 1 is 0.667 bits per heavy atom. The van der Waals surface area contributed by atoms with E-state index in [0.717, 1.165) is 67.7 Å². The zero-order chi connectivity index (χ0) is 44.8. The maximum atomic E-state index is 6.57. The summed E-state index contributed by atoms with van der Waals surface area (Å²) < 4.78 is 8.88. The van der Waals surface area contributed by atoms with Crippen molar-refractivity contribution in [2.24, 2.45) is 5.92 Å². The molecule has 0 unspecified atom stereocenters. The van der Waals surface area contributed by atoms with Crippen LogP contribution in [0.5, 0.6) is 0 Å². The number of aromatic nitrogens is 4. The Kier molecular flexibility index (Phi) is 12.5. The zero-order valence-corrected chi connectivity index (χ0v) is 41.9. The van der Waals surface area contributed by atoms with Crippen molar-refractivity contribution in [3.8, 4) is 33.9 Å². The van der Waals surface area contributed by atoms with Gasteiger partial charge in [0, 0.05) is 49.2 Å². The molecule has 0 N–H and O–H groups in total. The molecule has 11 rings (SSSR count). The monoisotopic (exact) mass is 1050 g/mol. The molecule has 66 heavy (non-hydrogen) atoms. The van der Waals surface area contributed by atoms with Crippen LogP contribution in [0.4, 0.5) is 0 Å². The second kappa shape index (κ2) is 18.4. The molecule has 0 saturated carbocycles. The van der Waals surface area contributed by atoms with Gasteiger partial charge >= 0.3 is 0 Å². The fourth-order valence-corrected chi connectivity index (χ4v) is 10.9. The van der Waals surface area contributed by atoms with Crippen LogP contribution in [0.3, 0.4) is 0 Å². The molecule has 0 aliphatic rings. The number of furan rings is 1. The Balaban J connectivity index is 0.000000188. The molecule has 11 aromatic rings. The Morgan fingerprint density at radius 3 is 2.15 bits per heavy atom. The first kappa shape index (κ1) is 44.7. The van der Waals surface area contributed by atoms with Crippen LogP contribution in [0, 0.1) is 31.9 Å². The van der Waals surface area contributed by atoms with Crippen LogP contribution in [0.1, 0.15) is 36.1 Å². The van der Waals surface area contributed by atoms with Gasteiger partial charge in [-0.1, -0.05) is 165 Å². The van der Waals surface area contributed by atoms with Crippen molar-refractivity contribution in [1.82, 2.24) is 19.5 Å². The summed E-state index contributed by atoms with van der Waals surface area (Å²) in [6.45, 7) is 16.7. The fourth-order valence-electron chi connectivity index (χ4n) is 9.36. The predicted molar refractivity (Wildman–Crippen MR) is 275 cm³/mol. The third kappa shape index (κ3) is 8.67. The van der Waals surface area contributed by atoms with E-state index in [-0.39, 0.29) is 20.1 Å². The van der Waals surface area contributed by atoms with Gasteiger partial charge in [-0.3, -0.25) is 4.98 Å². The number of nitrogens with zero attached hydrogens (tertiary/aromatic N) is 4. The van der Waals surface area contributed by atoms with Gasteiger partial charge in [0.15, 0.2) is 0 Å². The molecule has 0 fully saturated rings. The van der Waals surface area contributed by atoms with Crippen LogP contribution in [-0.2, 0) is 33.1 Å². The normalized spacial score (nSPS) is 11.7. The van der Waals surface area contributed by atoms with Crippen molar-refractivity contribution in [3.05, 3.63) is 192 Å². The Labute approximate surface area is 402 Å². The Hall–Kier alpha value is -6.50. The first-order chi connectivity index (χ1) is 31.5. The van der Waals surface area contributed by atoms with Crippen LogP contribution in [0.25, 0.3) is 88.5 Å². The molecule has 0 atom stereocenters. The average Bonchev–Trinajstić information content (AvgIpc) is 3.87. The third-order valence-electron chi connectivity index (χ3n) is 12.5. The molecular weight excluding hydrogens is 1000 g/mol. The smallest absolute Gasteiger partial charge is 0.216 e. The maximum absolute atomic E-state index is 6.57. The minimum absolute atomic E-state index is 0. The number of rotatable bonds is 8. The molecule has 1 radical (unpaired) electrons. The molecule has 4 aromatic heterocycles. The summed E-state index contributed by atoms with van der Waals surface area (Å²) >= 11 is 0. The molecule has 7 aromatic carbocycles. The minimum Gasteiger partial charge on any atom is -0.486 e. The number of fused-ring (bicyclic) bond motifs is 7. The summed E-state index contributed by atoms with van der Waals surface area (Å²) in [6, 6.07) is 59.8. The summed E-state index contributed by atoms with van der Waals surface area (Å²) in [5, 5.41) is 8.32. The van der Waals surface area contributed by atoms with Crippen molar-refractivity contribution >= 4 is 67.9 Å². The summed E-state index contributed by atoms with van der Waals surface area (Å²) in [4.78, 5) is 15.0. The van der Waals surface area contributed by atoms with Gasteiger partial charge in [-0.05, 0) is 77.3 Å². The van der Waals surface area contributed by atoms with E-state index in [1.165, 1.54) is 49.0 Å². The Morgan fingerprint density at radius 2 is 1.39 bits per heavy atom. The molecule has 4 heterocycles. The molecule has 0 amide bonds. The van der Waals surface area contributed by atoms with Crippen LogP contribution >= 0.6 is 0 Å². The van der Waals surface area contributed by atoms with Gasteiger partial charge in [0.25, 0.3) is 0 Å². The van der Waals surface area contributed by atoms with Crippen molar-refractivity contribution < 1.29 is 24.5 Å². The van der Waals surface area contributed by atoms with E-state index in [4.69, 9.17) is 19.4 Å². The fraction of sp³-hybridized carbons (Fsp3) is 0.169. The molecule has 7 heteroatoms. The first-order valence-corrected chi connectivity index (χ1v) is 26.1. The zero-order valence-electron chi connectivity index (χ0n) is 38.5. The van der Waals surface area contributed by atoms with Gasteiger partial charge in [-0.15, -0.1) is 47.3 Å². The third-order valence-corrected chi connectivity index (χ3v) is 14.5. The van der Waals surface area contributed by atoms with Crippen LogP contribution < -0.4 is 5.19 Å². The number of benzene rings is 7. The molecule has 0 aliphatic carbocycles. The van der Waals surface area contributed by atoms with Gasteiger partial charge < -0.3 is 14.0 Å². The van der Waals surface area contributed by atoms with E-state index >= 15 is 0 Å². The second-order valence-electron chi connectivity index (χ2n) is 18.7. The summed E-state index contributed by atoms with van der Waals surface area (Å²) in [5.41, 5.74) is 13.5. The van der Waals surface area contributed by atoms with E-state index in [1.54, 1.807) is 0 Å². The van der Waals surface area contributed by atoms with E-state index in [0.29, 0.717) is 18.2 Å². The number of hydrogen-bond donors (Lipinski definition) is 0. The summed E-state index contributed by atoms with van der Waals surface area (Å²) in [7, 11) is -1.38. The van der Waals surface area contributed by atoms with Crippen molar-refractivity contribution in [3.63, 3.8) is 0 Å². The first-order valence-electron chi connectivity index (χ1n) is 22.6. The maximum Gasteiger partial charge on any atom is 0.216 e. The Bertz CT molecular complexity index is 3530. The number of aryl methyl sites for hydroxylation is 2. The SMILES string of the molecule is CC(C)Cc1cc(-c2[c-]cc3ccccc3c2)ncc1[Si](C)(C)C.Cc1cccc(C)c1-c1ccc2c(n1)oc1c(-c3nc4ccc5ccccc5c4n3Cc3ccccc3)[c-]ccc12.[Ir]. The molecule has 0 spiro atoms. The van der Waals surface area contributed by atoms with E-state index in [1.807, 2.05) is 6.07 Å². The average molecular weight is 1050 g/mol. The largest absolute Gasteiger partial charge is 0.486 e. The molecule has 0 aliphatic heterocycles. The molecular formula is C59H52IrN4OSi-2. The molecule has 0 saturated heterocycles. The van der Waals surface area contributed by atoms with Crippen LogP contribution in [-0.4, -0.2) is 27.6 Å². The number of hydrogen-bond acceptors (Lipinski definition) is 4. The van der Waals surface area contributed by atoms with Gasteiger partial charge in [-0.2, -0.15) is 0 Å². The van der Waals surface area contributed by atoms with E-state index in [2.05, 4.69) is 216 Å². The van der Waals surface area contributed by atoms with Gasteiger partial charge in [0.2, 0.25) is 5.71 Å². The molecule has 0 bridgehead atoms. The second-order valence-corrected chi connectivity index (χ2v) is 23.8. The van der Waals surface area contributed by atoms with Gasteiger partial charge in [0.1, 0.15) is 0 Å². The van der Waals surface area contributed by atoms with Crippen LogP contribution in [0.15, 0.2) is 162 Å². The predicted octanol–water partition coefficient (Wildman–Crippen LogP) is 14.7. The summed E-state index contributed by atoms with van der Waals surface area (Å²) in [5.74, 6) is 1.48. The standard InChI is InChI=1S/C37H26N3O.C22H26NSi.Ir/c1-23-10-8-11-24(2)33(23)31-21-19-29-28-16-9-17-30(35(28)41-37(29)39-31)36-38-32-20-18-26-14-6-7-15-27(26)34(32)40(36)22-25-12-4-3-5-13-25;1-16(2)12-20-14-21(23-15-22(20)24(3,4)5)19-11-10-17-8-6-7-9-18(17)13-19;/h3-16,18-21H,22H2,1-2H3;6-10,13-16H,12H2,1-5H3;/q2*-1;. The van der Waals surface area contributed by atoms with Crippen molar-refractivity contribution in [2.75, 3.05) is 0 Å². The van der Waals surface area contributed by atoms with E-state index < -0.39 is 8.07 Å². The summed E-state index contributed by atoms with van der Waals surface area (Å²) in [6.07, 6.45) is 3.24.